The third kappa shape index (κ3) is 1.65. The Hall–Kier alpha value is -1.88. The lowest BCUT2D eigenvalue weighted by molar-refractivity contribution is 0.0997. The molecule has 3 N–H and O–H groups in total. The van der Waals surface area contributed by atoms with Crippen molar-refractivity contribution in [1.82, 2.24) is 0 Å². The van der Waals surface area contributed by atoms with E-state index in [0.29, 0.717) is 23.4 Å². The molecule has 1 aromatic carbocycles. The Morgan fingerprint density at radius 2 is 2.38 bits per heavy atom. The number of methoxy groups -OCH3 is 1. The normalized spacial score (nSPS) is 18.0. The number of rotatable bonds is 2. The van der Waals surface area contributed by atoms with Gasteiger partial charge >= 0.3 is 0 Å². The fourth-order valence-electron chi connectivity index (χ4n) is 1.70. The van der Waals surface area contributed by atoms with Gasteiger partial charge in [0.25, 0.3) is 5.91 Å². The average molecular weight is 220 g/mol. The number of fused-ring (bicyclic) bond motifs is 1. The monoisotopic (exact) mass is 220 g/mol. The van der Waals surface area contributed by atoms with Gasteiger partial charge in [-0.2, -0.15) is 0 Å². The molecule has 0 aromatic heterocycles. The van der Waals surface area contributed by atoms with Crippen LogP contribution >= 0.6 is 0 Å². The number of hydrogen-bond acceptors (Lipinski definition) is 4. The molecule has 1 aliphatic heterocycles. The van der Waals surface area contributed by atoms with E-state index in [0.717, 1.165) is 0 Å². The van der Waals surface area contributed by atoms with Crippen LogP contribution < -0.4 is 10.5 Å². The molecule has 1 amide bonds. The molecule has 0 saturated carbocycles. The van der Waals surface area contributed by atoms with Crippen molar-refractivity contribution in [2.75, 3.05) is 7.11 Å². The molecule has 1 unspecified atom stereocenters. The quantitative estimate of drug-likeness (QED) is 0.777. The molecule has 0 saturated heterocycles. The molecule has 84 valence electrons. The molecule has 0 radical (unpaired) electrons. The summed E-state index contributed by atoms with van der Waals surface area (Å²) in [6, 6.07) is 3.14. The number of amides is 1. The highest BCUT2D eigenvalue weighted by molar-refractivity contribution is 5.96. The first kappa shape index (κ1) is 10.6. The maximum atomic E-state index is 11.2. The SMILES string of the molecule is COc1cc2c(cc1C(N)=O)C(O)CC=N2. The number of aliphatic imine (C=N–C) groups is 1. The van der Waals surface area contributed by atoms with Gasteiger partial charge in [-0.25, -0.2) is 0 Å². The molecule has 1 heterocycles. The van der Waals surface area contributed by atoms with Crippen LogP contribution in [-0.4, -0.2) is 24.3 Å². The fraction of sp³-hybridized carbons (Fsp3) is 0.273. The number of hydrogen-bond donors (Lipinski definition) is 2. The second-order valence-corrected chi connectivity index (χ2v) is 3.54. The van der Waals surface area contributed by atoms with Crippen molar-refractivity contribution < 1.29 is 14.6 Å². The third-order valence-corrected chi connectivity index (χ3v) is 2.53. The molecular formula is C11H12N2O3. The summed E-state index contributed by atoms with van der Waals surface area (Å²) >= 11 is 0. The maximum absolute atomic E-state index is 11.2. The molecule has 0 aliphatic carbocycles. The zero-order valence-electron chi connectivity index (χ0n) is 8.80. The molecule has 1 atom stereocenters. The second kappa shape index (κ2) is 3.94. The first-order chi connectivity index (χ1) is 7.63. The van der Waals surface area contributed by atoms with Crippen LogP contribution in [0.4, 0.5) is 5.69 Å². The van der Waals surface area contributed by atoms with E-state index in [1.54, 1.807) is 12.3 Å². The van der Waals surface area contributed by atoms with Crippen LogP contribution in [-0.2, 0) is 0 Å². The van der Waals surface area contributed by atoms with Gasteiger partial charge < -0.3 is 15.6 Å². The molecule has 5 heteroatoms. The van der Waals surface area contributed by atoms with E-state index in [-0.39, 0.29) is 5.56 Å². The molecular weight excluding hydrogens is 208 g/mol. The van der Waals surface area contributed by atoms with Crippen LogP contribution in [0.15, 0.2) is 17.1 Å². The topological polar surface area (TPSA) is 84.9 Å². The summed E-state index contributed by atoms with van der Waals surface area (Å²) in [5.74, 6) is -0.209. The van der Waals surface area contributed by atoms with E-state index in [1.807, 2.05) is 0 Å². The Labute approximate surface area is 92.6 Å². The molecule has 1 aromatic rings. The van der Waals surface area contributed by atoms with Crippen molar-refractivity contribution in [3.8, 4) is 5.75 Å². The second-order valence-electron chi connectivity index (χ2n) is 3.54. The van der Waals surface area contributed by atoms with E-state index < -0.39 is 12.0 Å². The lowest BCUT2D eigenvalue weighted by atomic mass is 9.99. The lowest BCUT2D eigenvalue weighted by Gasteiger charge is -2.18. The van der Waals surface area contributed by atoms with Crippen LogP contribution in [0.2, 0.25) is 0 Å². The summed E-state index contributed by atoms with van der Waals surface area (Å²) in [6.45, 7) is 0. The van der Waals surface area contributed by atoms with Crippen LogP contribution in [0, 0.1) is 0 Å². The number of ether oxygens (including phenoxy) is 1. The van der Waals surface area contributed by atoms with Crippen molar-refractivity contribution in [2.45, 2.75) is 12.5 Å². The minimum Gasteiger partial charge on any atom is -0.496 e. The van der Waals surface area contributed by atoms with Crippen molar-refractivity contribution >= 4 is 17.8 Å². The number of benzene rings is 1. The van der Waals surface area contributed by atoms with Gasteiger partial charge in [-0.05, 0) is 6.07 Å². The zero-order valence-corrected chi connectivity index (χ0v) is 8.80. The van der Waals surface area contributed by atoms with E-state index in [4.69, 9.17) is 10.5 Å². The van der Waals surface area contributed by atoms with E-state index in [9.17, 15) is 9.90 Å². The molecule has 1 aliphatic rings. The minimum absolute atomic E-state index is 0.261. The van der Waals surface area contributed by atoms with E-state index in [1.165, 1.54) is 13.2 Å². The predicted octanol–water partition coefficient (Wildman–Crippen LogP) is 0.934. The number of nitrogens with two attached hydrogens (primary N) is 1. The Bertz CT molecular complexity index is 469. The van der Waals surface area contributed by atoms with Crippen LogP contribution in [0.25, 0.3) is 0 Å². The summed E-state index contributed by atoms with van der Waals surface area (Å²) in [4.78, 5) is 15.3. The zero-order chi connectivity index (χ0) is 11.7. The van der Waals surface area contributed by atoms with Gasteiger partial charge in [0.15, 0.2) is 0 Å². The average Bonchev–Trinajstić information content (AvgIpc) is 2.27. The standard InChI is InChI=1S/C11H12N2O3/c1-16-10-5-8-6(4-7(10)11(12)15)9(14)2-3-13-8/h3-5,9,14H,2H2,1H3,(H2,12,15). The molecule has 16 heavy (non-hydrogen) atoms. The third-order valence-electron chi connectivity index (χ3n) is 2.53. The number of aliphatic hydroxyl groups excluding tert-OH is 1. The Morgan fingerprint density at radius 3 is 3.00 bits per heavy atom. The summed E-state index contributed by atoms with van der Waals surface area (Å²) in [5.41, 5.74) is 6.71. The largest absolute Gasteiger partial charge is 0.496 e. The van der Waals surface area contributed by atoms with Gasteiger partial charge in [0.1, 0.15) is 5.75 Å². The molecule has 5 nitrogen and oxygen atoms in total. The molecule has 0 fully saturated rings. The maximum Gasteiger partial charge on any atom is 0.252 e. The number of aliphatic hydroxyl groups is 1. The van der Waals surface area contributed by atoms with Gasteiger partial charge in [0.05, 0.1) is 24.5 Å². The predicted molar refractivity (Wildman–Crippen MR) is 59.2 cm³/mol. The van der Waals surface area contributed by atoms with Gasteiger partial charge in [-0.1, -0.05) is 0 Å². The number of primary amides is 1. The van der Waals surface area contributed by atoms with Crippen molar-refractivity contribution in [3.05, 3.63) is 23.3 Å². The number of nitrogens with zero attached hydrogens (tertiary/aromatic N) is 1. The number of carbonyl (C=O) groups excluding carboxylic acids is 1. The number of carbonyl (C=O) groups is 1. The minimum atomic E-state index is -0.642. The summed E-state index contributed by atoms with van der Waals surface area (Å²) < 4.78 is 5.05. The summed E-state index contributed by atoms with van der Waals surface area (Å²) in [6.07, 6.45) is 1.44. The fourth-order valence-corrected chi connectivity index (χ4v) is 1.70. The first-order valence-corrected chi connectivity index (χ1v) is 4.86. The van der Waals surface area contributed by atoms with Crippen molar-refractivity contribution in [1.29, 1.82) is 0 Å². The van der Waals surface area contributed by atoms with Crippen molar-refractivity contribution in [3.63, 3.8) is 0 Å². The lowest BCUT2D eigenvalue weighted by Crippen LogP contribution is -2.14. The van der Waals surface area contributed by atoms with E-state index >= 15 is 0 Å². The van der Waals surface area contributed by atoms with Gasteiger partial charge in [0.2, 0.25) is 0 Å². The van der Waals surface area contributed by atoms with E-state index in [2.05, 4.69) is 4.99 Å². The molecule has 0 bridgehead atoms. The molecule has 2 rings (SSSR count). The smallest absolute Gasteiger partial charge is 0.252 e. The van der Waals surface area contributed by atoms with Crippen molar-refractivity contribution in [2.24, 2.45) is 10.7 Å². The van der Waals surface area contributed by atoms with Gasteiger partial charge in [-0.3, -0.25) is 9.79 Å². The summed E-state index contributed by atoms with van der Waals surface area (Å²) in [7, 11) is 1.46. The highest BCUT2D eigenvalue weighted by Crippen LogP contribution is 2.36. The Kier molecular flexibility index (Phi) is 2.62. The van der Waals surface area contributed by atoms with Gasteiger partial charge in [0, 0.05) is 24.3 Å². The summed E-state index contributed by atoms with van der Waals surface area (Å²) in [5, 5.41) is 9.75. The Balaban J connectivity index is 2.61. The van der Waals surface area contributed by atoms with Crippen LogP contribution in [0.3, 0.4) is 0 Å². The first-order valence-electron chi connectivity index (χ1n) is 4.86. The van der Waals surface area contributed by atoms with Crippen LogP contribution in [0.1, 0.15) is 28.4 Å². The molecule has 0 spiro atoms. The Morgan fingerprint density at radius 1 is 1.62 bits per heavy atom. The highest BCUT2D eigenvalue weighted by Gasteiger charge is 2.20. The van der Waals surface area contributed by atoms with Crippen LogP contribution in [0.5, 0.6) is 5.75 Å². The van der Waals surface area contributed by atoms with Gasteiger partial charge in [-0.15, -0.1) is 0 Å². The highest BCUT2D eigenvalue weighted by atomic mass is 16.5.